The van der Waals surface area contributed by atoms with E-state index in [0.29, 0.717) is 6.42 Å². The van der Waals surface area contributed by atoms with Crippen molar-refractivity contribution >= 4 is 17.5 Å². The van der Waals surface area contributed by atoms with Gasteiger partial charge in [-0.3, -0.25) is 14.4 Å². The highest BCUT2D eigenvalue weighted by atomic mass is 16.5. The van der Waals surface area contributed by atoms with Crippen LogP contribution in [0.3, 0.4) is 0 Å². The quantitative estimate of drug-likeness (QED) is 0.665. The molecule has 0 radical (unpaired) electrons. The van der Waals surface area contributed by atoms with Gasteiger partial charge in [0.1, 0.15) is 18.3 Å². The highest BCUT2D eigenvalue weighted by Crippen LogP contribution is 2.67. The van der Waals surface area contributed by atoms with Crippen molar-refractivity contribution < 1.29 is 34.1 Å². The summed E-state index contributed by atoms with van der Waals surface area (Å²) in [4.78, 5) is 38.4. The van der Waals surface area contributed by atoms with Gasteiger partial charge < -0.3 is 19.7 Å². The topological polar surface area (TPSA) is 110 Å². The van der Waals surface area contributed by atoms with Crippen LogP contribution in [0.15, 0.2) is 11.6 Å². The molecule has 3 aliphatic carbocycles. The van der Waals surface area contributed by atoms with Crippen molar-refractivity contribution in [3.8, 4) is 0 Å². The van der Waals surface area contributed by atoms with Crippen LogP contribution in [0.5, 0.6) is 0 Å². The number of hydrogen-bond acceptors (Lipinski definition) is 7. The van der Waals surface area contributed by atoms with Crippen LogP contribution >= 0.6 is 0 Å². The van der Waals surface area contributed by atoms with Crippen LogP contribution in [-0.4, -0.2) is 59.8 Å². The molecule has 7 heteroatoms. The predicted octanol–water partition coefficient (Wildman–Crippen LogP) is 0.663. The first-order valence-corrected chi connectivity index (χ1v) is 9.91. The first-order valence-electron chi connectivity index (χ1n) is 9.91. The second kappa shape index (κ2) is 6.21. The molecule has 3 fully saturated rings. The minimum atomic E-state index is -1.36. The number of allylic oxidation sites excluding steroid dienone is 1. The Morgan fingerprint density at radius 2 is 1.96 bits per heavy atom. The van der Waals surface area contributed by atoms with Gasteiger partial charge in [-0.05, 0) is 37.2 Å². The molecule has 4 rings (SSSR count). The maximum atomic E-state index is 13.5. The summed E-state index contributed by atoms with van der Waals surface area (Å²) in [7, 11) is 1.53. The van der Waals surface area contributed by atoms with Crippen LogP contribution in [0.2, 0.25) is 0 Å². The molecule has 2 saturated carbocycles. The third kappa shape index (κ3) is 2.18. The van der Waals surface area contributed by atoms with Gasteiger partial charge in [0.2, 0.25) is 0 Å². The van der Waals surface area contributed by atoms with Crippen molar-refractivity contribution in [3.05, 3.63) is 11.6 Å². The largest absolute Gasteiger partial charge is 0.462 e. The zero-order chi connectivity index (χ0) is 20.6. The van der Waals surface area contributed by atoms with E-state index in [9.17, 15) is 24.6 Å². The lowest BCUT2D eigenvalue weighted by molar-refractivity contribution is -0.262. The van der Waals surface area contributed by atoms with E-state index in [0.717, 1.165) is 5.57 Å². The number of Topliss-reactive ketones (excluding diaryl/α,β-unsaturated/α-hetero) is 1. The molecular formula is C21H28O7. The summed E-state index contributed by atoms with van der Waals surface area (Å²) >= 11 is 0. The number of carbonyl (C=O) groups is 3. The Bertz CT molecular complexity index is 773. The highest BCUT2D eigenvalue weighted by molar-refractivity contribution is 5.98. The fraction of sp³-hybridized carbons (Fsp3) is 0.762. The maximum absolute atomic E-state index is 13.5. The van der Waals surface area contributed by atoms with Crippen molar-refractivity contribution in [2.45, 2.75) is 51.9 Å². The number of aliphatic hydroxyl groups is 2. The number of esters is 1. The number of fused-ring (bicyclic) bond motifs is 2. The van der Waals surface area contributed by atoms with Crippen LogP contribution in [-0.2, 0) is 23.9 Å². The number of methoxy groups -OCH3 is 1. The molecule has 0 bridgehead atoms. The summed E-state index contributed by atoms with van der Waals surface area (Å²) in [5.41, 5.74) is -1.20. The number of hydrogen-bond donors (Lipinski definition) is 2. The number of ether oxygens (including phenoxy) is 2. The first kappa shape index (κ1) is 19.7. The molecule has 2 N–H and O–H groups in total. The molecule has 1 saturated heterocycles. The van der Waals surface area contributed by atoms with E-state index < -0.39 is 52.5 Å². The van der Waals surface area contributed by atoms with Crippen LogP contribution < -0.4 is 0 Å². The van der Waals surface area contributed by atoms with Gasteiger partial charge in [0, 0.05) is 30.3 Å². The minimum Gasteiger partial charge on any atom is -0.462 e. The van der Waals surface area contributed by atoms with E-state index in [1.54, 1.807) is 13.8 Å². The fourth-order valence-corrected chi connectivity index (χ4v) is 7.01. The number of ketones is 2. The molecule has 7 nitrogen and oxygen atoms in total. The lowest BCUT2D eigenvalue weighted by atomic mass is 9.38. The van der Waals surface area contributed by atoms with Crippen LogP contribution in [0.1, 0.15) is 33.6 Å². The van der Waals surface area contributed by atoms with E-state index in [1.165, 1.54) is 13.2 Å². The van der Waals surface area contributed by atoms with Gasteiger partial charge in [0.25, 0.3) is 0 Å². The normalized spacial score (nSPS) is 50.4. The van der Waals surface area contributed by atoms with Crippen LogP contribution in [0.4, 0.5) is 0 Å². The number of carbonyl (C=O) groups excluding carboxylic acids is 3. The molecule has 1 aliphatic heterocycles. The van der Waals surface area contributed by atoms with Gasteiger partial charge in [-0.25, -0.2) is 0 Å². The number of rotatable bonds is 2. The summed E-state index contributed by atoms with van der Waals surface area (Å²) < 4.78 is 11.3. The van der Waals surface area contributed by atoms with Gasteiger partial charge in [0.15, 0.2) is 11.6 Å². The average Bonchev–Trinajstić information content (AvgIpc) is 2.63. The lowest BCUT2D eigenvalue weighted by Gasteiger charge is -2.67. The third-order valence-corrected chi connectivity index (χ3v) is 8.19. The molecule has 0 aromatic rings. The Morgan fingerprint density at radius 3 is 2.61 bits per heavy atom. The molecule has 0 aromatic heterocycles. The summed E-state index contributed by atoms with van der Waals surface area (Å²) in [6.07, 6.45) is -1.25. The SMILES string of the molecule is COCC12[C@H]3C(=O)[C@@H](O)[C@@H](C)[C@@H]1CC(=O)O[C@@H]2CC1C(C)=CC(=O)[C@@H](O)[C@@]13C. The minimum absolute atomic E-state index is 0.0848. The van der Waals surface area contributed by atoms with Crippen LogP contribution in [0, 0.1) is 34.5 Å². The molecule has 1 heterocycles. The van der Waals surface area contributed by atoms with E-state index >= 15 is 0 Å². The first-order chi connectivity index (χ1) is 13.1. The highest BCUT2D eigenvalue weighted by Gasteiger charge is 2.74. The van der Waals surface area contributed by atoms with Crippen molar-refractivity contribution in [1.82, 2.24) is 0 Å². The Labute approximate surface area is 164 Å². The van der Waals surface area contributed by atoms with Gasteiger partial charge in [-0.1, -0.05) is 19.4 Å². The maximum Gasteiger partial charge on any atom is 0.306 e. The molecule has 0 aromatic carbocycles. The van der Waals surface area contributed by atoms with E-state index in [1.807, 2.05) is 6.92 Å². The van der Waals surface area contributed by atoms with E-state index in [4.69, 9.17) is 9.47 Å². The van der Waals surface area contributed by atoms with Crippen molar-refractivity contribution in [2.75, 3.05) is 13.7 Å². The van der Waals surface area contributed by atoms with Gasteiger partial charge in [0.05, 0.1) is 6.61 Å². The second-order valence-electron chi connectivity index (χ2n) is 9.32. The average molecular weight is 392 g/mol. The standard InChI is InChI=1S/C21H28O7/c1-9-5-13(22)19(26)20(3)11(9)6-14-21(8-27-4)12(7-15(23)28-14)10(2)16(24)17(25)18(20)21/h5,10-12,14,16,18-19,24,26H,6-8H2,1-4H3/t10-,11?,12-,14+,16-,18-,19+,20-,21?/m0/s1. The smallest absolute Gasteiger partial charge is 0.306 e. The second-order valence-corrected chi connectivity index (χ2v) is 9.32. The molecule has 154 valence electrons. The lowest BCUT2D eigenvalue weighted by Crippen LogP contribution is -2.75. The molecule has 4 aliphatic rings. The molecule has 28 heavy (non-hydrogen) atoms. The zero-order valence-electron chi connectivity index (χ0n) is 16.7. The number of aliphatic hydroxyl groups excluding tert-OH is 2. The van der Waals surface area contributed by atoms with Gasteiger partial charge in [-0.15, -0.1) is 0 Å². The zero-order valence-corrected chi connectivity index (χ0v) is 16.7. The molecule has 9 atom stereocenters. The Kier molecular flexibility index (Phi) is 4.38. The summed E-state index contributed by atoms with van der Waals surface area (Å²) in [6, 6.07) is 0. The summed E-state index contributed by atoms with van der Waals surface area (Å²) in [6.45, 7) is 5.52. The Balaban J connectivity index is 1.99. The molecule has 0 spiro atoms. The fourth-order valence-electron chi connectivity index (χ4n) is 7.01. The monoisotopic (exact) mass is 392 g/mol. The molecular weight excluding hydrogens is 364 g/mol. The van der Waals surface area contributed by atoms with Crippen molar-refractivity contribution in [3.63, 3.8) is 0 Å². The Morgan fingerprint density at radius 1 is 1.29 bits per heavy atom. The van der Waals surface area contributed by atoms with E-state index in [-0.39, 0.29) is 30.8 Å². The molecule has 0 amide bonds. The van der Waals surface area contributed by atoms with Crippen molar-refractivity contribution in [2.24, 2.45) is 34.5 Å². The Hall–Kier alpha value is -1.57. The van der Waals surface area contributed by atoms with Crippen LogP contribution in [0.25, 0.3) is 0 Å². The third-order valence-electron chi connectivity index (χ3n) is 8.19. The van der Waals surface area contributed by atoms with Gasteiger partial charge >= 0.3 is 5.97 Å². The predicted molar refractivity (Wildman–Crippen MR) is 96.9 cm³/mol. The summed E-state index contributed by atoms with van der Waals surface area (Å²) in [5, 5.41) is 21.7. The van der Waals surface area contributed by atoms with Crippen molar-refractivity contribution in [1.29, 1.82) is 0 Å². The van der Waals surface area contributed by atoms with Gasteiger partial charge in [-0.2, -0.15) is 0 Å². The molecule has 2 unspecified atom stereocenters. The van der Waals surface area contributed by atoms with E-state index in [2.05, 4.69) is 0 Å². The summed E-state index contributed by atoms with van der Waals surface area (Å²) in [5.74, 6) is -3.09.